The number of nitrogens with one attached hydrogen (secondary N) is 1. The van der Waals surface area contributed by atoms with Gasteiger partial charge in [0.15, 0.2) is 0 Å². The third kappa shape index (κ3) is 6.71. The summed E-state index contributed by atoms with van der Waals surface area (Å²) in [4.78, 5) is 14.6. The van der Waals surface area contributed by atoms with Gasteiger partial charge in [-0.1, -0.05) is 27.7 Å². The van der Waals surface area contributed by atoms with Crippen LogP contribution in [0, 0.1) is 17.3 Å². The van der Waals surface area contributed by atoms with Crippen molar-refractivity contribution in [1.29, 1.82) is 0 Å². The predicted molar refractivity (Wildman–Crippen MR) is 84.5 cm³/mol. The van der Waals surface area contributed by atoms with Crippen LogP contribution in [-0.2, 0) is 4.79 Å². The average Bonchev–Trinajstić information content (AvgIpc) is 2.37. The van der Waals surface area contributed by atoms with E-state index in [2.05, 4.69) is 37.9 Å². The zero-order chi connectivity index (χ0) is 15.2. The summed E-state index contributed by atoms with van der Waals surface area (Å²) in [5.41, 5.74) is 5.88. The Morgan fingerprint density at radius 1 is 1.35 bits per heavy atom. The van der Waals surface area contributed by atoms with Gasteiger partial charge in [-0.25, -0.2) is 0 Å². The molecule has 0 aliphatic carbocycles. The monoisotopic (exact) mass is 283 g/mol. The van der Waals surface area contributed by atoms with Gasteiger partial charge in [0.1, 0.15) is 0 Å². The topological polar surface area (TPSA) is 58.4 Å². The Hall–Kier alpha value is -0.610. The number of rotatable bonds is 6. The Morgan fingerprint density at radius 2 is 1.95 bits per heavy atom. The van der Waals surface area contributed by atoms with E-state index in [0.717, 1.165) is 25.4 Å². The van der Waals surface area contributed by atoms with Crippen LogP contribution < -0.4 is 11.1 Å². The Labute approximate surface area is 124 Å². The first-order valence-electron chi connectivity index (χ1n) is 8.02. The van der Waals surface area contributed by atoms with E-state index in [1.165, 1.54) is 25.9 Å². The number of carbonyl (C=O) groups excluding carboxylic acids is 1. The van der Waals surface area contributed by atoms with Crippen LogP contribution in [0.3, 0.4) is 0 Å². The number of nitrogens with two attached hydrogens (primary N) is 1. The summed E-state index contributed by atoms with van der Waals surface area (Å²) in [5, 5.41) is 3.05. The van der Waals surface area contributed by atoms with E-state index in [-0.39, 0.29) is 17.2 Å². The van der Waals surface area contributed by atoms with Gasteiger partial charge in [0.2, 0.25) is 5.91 Å². The number of likely N-dealkylation sites (tertiary alicyclic amines) is 1. The van der Waals surface area contributed by atoms with Crippen molar-refractivity contribution < 1.29 is 4.79 Å². The van der Waals surface area contributed by atoms with Gasteiger partial charge < -0.3 is 16.0 Å². The van der Waals surface area contributed by atoms with E-state index < -0.39 is 0 Å². The van der Waals surface area contributed by atoms with Crippen molar-refractivity contribution in [3.8, 4) is 0 Å². The Morgan fingerprint density at radius 3 is 2.45 bits per heavy atom. The second-order valence-electron chi connectivity index (χ2n) is 7.51. The van der Waals surface area contributed by atoms with Crippen molar-refractivity contribution in [3.05, 3.63) is 0 Å². The predicted octanol–water partition coefficient (Wildman–Crippen LogP) is 1.85. The molecular weight excluding hydrogens is 250 g/mol. The second kappa shape index (κ2) is 7.99. The lowest BCUT2D eigenvalue weighted by Gasteiger charge is -2.30. The number of amides is 1. The number of nitrogens with zero attached hydrogens (tertiary/aromatic N) is 1. The molecule has 0 bridgehead atoms. The van der Waals surface area contributed by atoms with Gasteiger partial charge >= 0.3 is 0 Å². The maximum absolute atomic E-state index is 12.1. The van der Waals surface area contributed by atoms with Crippen molar-refractivity contribution in [2.75, 3.05) is 32.7 Å². The first kappa shape index (κ1) is 17.4. The van der Waals surface area contributed by atoms with Crippen LogP contribution in [0.2, 0.25) is 0 Å². The van der Waals surface area contributed by atoms with Crippen molar-refractivity contribution in [1.82, 2.24) is 10.2 Å². The zero-order valence-corrected chi connectivity index (χ0v) is 13.7. The minimum atomic E-state index is -0.0589. The summed E-state index contributed by atoms with van der Waals surface area (Å²) in [7, 11) is 0. The fraction of sp³-hybridized carbons (Fsp3) is 0.938. The van der Waals surface area contributed by atoms with E-state index in [4.69, 9.17) is 5.73 Å². The van der Waals surface area contributed by atoms with Gasteiger partial charge in [-0.15, -0.1) is 0 Å². The molecule has 0 saturated carbocycles. The quantitative estimate of drug-likeness (QED) is 0.782. The van der Waals surface area contributed by atoms with Gasteiger partial charge in [-0.2, -0.15) is 0 Å². The Kier molecular flexibility index (Phi) is 6.96. The third-order valence-electron chi connectivity index (χ3n) is 4.12. The van der Waals surface area contributed by atoms with Crippen LogP contribution in [-0.4, -0.2) is 43.5 Å². The highest BCUT2D eigenvalue weighted by molar-refractivity contribution is 5.78. The molecule has 0 aromatic carbocycles. The molecule has 1 saturated heterocycles. The van der Waals surface area contributed by atoms with Crippen molar-refractivity contribution >= 4 is 5.91 Å². The molecule has 20 heavy (non-hydrogen) atoms. The highest BCUT2D eigenvalue weighted by Gasteiger charge is 2.23. The van der Waals surface area contributed by atoms with Gasteiger partial charge in [-0.05, 0) is 43.7 Å². The molecule has 4 heteroatoms. The minimum absolute atomic E-state index is 0.0589. The van der Waals surface area contributed by atoms with Crippen LogP contribution >= 0.6 is 0 Å². The normalized spacial score (nSPS) is 19.9. The van der Waals surface area contributed by atoms with Crippen LogP contribution in [0.1, 0.15) is 47.0 Å². The standard InChI is InChI=1S/C16H33N3O/c1-13-5-8-19(9-6-13)10-7-18-15(20)14(12-17)11-16(2,3)4/h13-14H,5-12,17H2,1-4H3,(H,18,20). The average molecular weight is 283 g/mol. The molecule has 1 aliphatic heterocycles. The molecule has 0 radical (unpaired) electrons. The minimum Gasteiger partial charge on any atom is -0.355 e. The van der Waals surface area contributed by atoms with E-state index in [0.29, 0.717) is 6.54 Å². The molecule has 1 unspecified atom stereocenters. The molecular formula is C16H33N3O. The highest BCUT2D eigenvalue weighted by Crippen LogP contribution is 2.24. The Balaban J connectivity index is 2.24. The van der Waals surface area contributed by atoms with E-state index >= 15 is 0 Å². The van der Waals surface area contributed by atoms with Crippen LogP contribution in [0.15, 0.2) is 0 Å². The van der Waals surface area contributed by atoms with Gasteiger partial charge in [0, 0.05) is 19.6 Å². The summed E-state index contributed by atoms with van der Waals surface area (Å²) in [5.74, 6) is 0.915. The molecule has 1 atom stereocenters. The summed E-state index contributed by atoms with van der Waals surface area (Å²) in [6, 6.07) is 0. The van der Waals surface area contributed by atoms with Crippen molar-refractivity contribution in [2.24, 2.45) is 23.0 Å². The molecule has 1 heterocycles. The maximum atomic E-state index is 12.1. The lowest BCUT2D eigenvalue weighted by molar-refractivity contribution is -0.125. The van der Waals surface area contributed by atoms with Crippen molar-refractivity contribution in [3.63, 3.8) is 0 Å². The lowest BCUT2D eigenvalue weighted by atomic mass is 9.84. The number of piperidine rings is 1. The SMILES string of the molecule is CC1CCN(CCNC(=O)C(CN)CC(C)(C)C)CC1. The van der Waals surface area contributed by atoms with Crippen LogP contribution in [0.4, 0.5) is 0 Å². The molecule has 1 rings (SSSR count). The molecule has 0 aromatic heterocycles. The van der Waals surface area contributed by atoms with E-state index in [1.807, 2.05) is 0 Å². The molecule has 1 amide bonds. The van der Waals surface area contributed by atoms with Gasteiger partial charge in [0.05, 0.1) is 5.92 Å². The third-order valence-corrected chi connectivity index (χ3v) is 4.12. The molecule has 3 N–H and O–H groups in total. The molecule has 0 spiro atoms. The molecule has 0 aromatic rings. The molecule has 1 fully saturated rings. The van der Waals surface area contributed by atoms with Gasteiger partial charge in [-0.3, -0.25) is 4.79 Å². The summed E-state index contributed by atoms with van der Waals surface area (Å²) in [6.07, 6.45) is 3.41. The first-order chi connectivity index (χ1) is 9.31. The highest BCUT2D eigenvalue weighted by atomic mass is 16.1. The van der Waals surface area contributed by atoms with E-state index in [9.17, 15) is 4.79 Å². The largest absolute Gasteiger partial charge is 0.355 e. The fourth-order valence-corrected chi connectivity index (χ4v) is 2.79. The summed E-state index contributed by atoms with van der Waals surface area (Å²) in [6.45, 7) is 13.2. The molecule has 118 valence electrons. The van der Waals surface area contributed by atoms with Crippen LogP contribution in [0.25, 0.3) is 0 Å². The van der Waals surface area contributed by atoms with E-state index in [1.54, 1.807) is 0 Å². The molecule has 4 nitrogen and oxygen atoms in total. The smallest absolute Gasteiger partial charge is 0.224 e. The number of hydrogen-bond donors (Lipinski definition) is 2. The maximum Gasteiger partial charge on any atom is 0.224 e. The van der Waals surface area contributed by atoms with Crippen molar-refractivity contribution in [2.45, 2.75) is 47.0 Å². The summed E-state index contributed by atoms with van der Waals surface area (Å²) < 4.78 is 0. The fourth-order valence-electron chi connectivity index (χ4n) is 2.79. The number of carbonyl (C=O) groups is 1. The summed E-state index contributed by atoms with van der Waals surface area (Å²) >= 11 is 0. The first-order valence-corrected chi connectivity index (χ1v) is 8.02. The zero-order valence-electron chi connectivity index (χ0n) is 13.7. The van der Waals surface area contributed by atoms with Crippen LogP contribution in [0.5, 0.6) is 0 Å². The Bertz CT molecular complexity index is 291. The second-order valence-corrected chi connectivity index (χ2v) is 7.51. The molecule has 1 aliphatic rings. The van der Waals surface area contributed by atoms with Gasteiger partial charge in [0.25, 0.3) is 0 Å². The lowest BCUT2D eigenvalue weighted by Crippen LogP contribution is -2.42. The number of hydrogen-bond acceptors (Lipinski definition) is 3.